The molecule has 1 aromatic carbocycles. The summed E-state index contributed by atoms with van der Waals surface area (Å²) in [6.45, 7) is 4.41. The number of hydrogen-bond acceptors (Lipinski definition) is 4. The van der Waals surface area contributed by atoms with Crippen LogP contribution in [0.2, 0.25) is 0 Å². The molecule has 0 bridgehead atoms. The molecule has 0 atom stereocenters. The summed E-state index contributed by atoms with van der Waals surface area (Å²) in [6.07, 6.45) is 0. The minimum atomic E-state index is 0.296. The second kappa shape index (κ2) is 5.32. The van der Waals surface area contributed by atoms with Crippen molar-refractivity contribution in [3.63, 3.8) is 0 Å². The smallest absolute Gasteiger partial charge is 0.162 e. The molecule has 0 saturated carbocycles. The number of nitrogens with one attached hydrogen (secondary N) is 1. The third-order valence-electron chi connectivity index (χ3n) is 2.42. The average Bonchev–Trinajstić information content (AvgIpc) is 2.86. The molecule has 1 N–H and O–H groups in total. The highest BCUT2D eigenvalue weighted by atomic mass is 16.5. The third kappa shape index (κ3) is 2.86. The van der Waals surface area contributed by atoms with Gasteiger partial charge in [0.1, 0.15) is 12.4 Å². The maximum absolute atomic E-state index is 8.68. The Morgan fingerprint density at radius 1 is 1.33 bits per heavy atom. The van der Waals surface area contributed by atoms with Gasteiger partial charge in [-0.1, -0.05) is 13.8 Å². The number of ether oxygens (including phenoxy) is 1. The van der Waals surface area contributed by atoms with Crippen molar-refractivity contribution in [2.45, 2.75) is 26.4 Å². The molecule has 0 amide bonds. The first-order valence-electron chi connectivity index (χ1n) is 5.73. The van der Waals surface area contributed by atoms with Crippen molar-refractivity contribution < 1.29 is 4.74 Å². The Labute approximate surface area is 105 Å². The van der Waals surface area contributed by atoms with Crippen LogP contribution in [0.5, 0.6) is 5.75 Å². The molecule has 5 nitrogen and oxygen atoms in total. The van der Waals surface area contributed by atoms with E-state index >= 15 is 0 Å². The number of aromatic nitrogens is 3. The van der Waals surface area contributed by atoms with E-state index < -0.39 is 0 Å². The first kappa shape index (κ1) is 12.1. The zero-order chi connectivity index (χ0) is 13.0. The lowest BCUT2D eigenvalue weighted by Crippen LogP contribution is -1.98. The van der Waals surface area contributed by atoms with Crippen LogP contribution in [0.25, 0.3) is 0 Å². The Balaban J connectivity index is 1.96. The first-order chi connectivity index (χ1) is 8.69. The standard InChI is InChI=1S/C13H14N4O/c1-9(2)13-15-12(16-17-13)8-18-11-5-3-10(7-14)4-6-11/h3-6,9H,8H2,1-2H3,(H,15,16,17). The van der Waals surface area contributed by atoms with E-state index in [-0.39, 0.29) is 0 Å². The van der Waals surface area contributed by atoms with Gasteiger partial charge in [-0.05, 0) is 24.3 Å². The summed E-state index contributed by atoms with van der Waals surface area (Å²) in [4.78, 5) is 4.31. The number of nitrogens with zero attached hydrogens (tertiary/aromatic N) is 3. The Morgan fingerprint density at radius 3 is 2.61 bits per heavy atom. The molecule has 0 spiro atoms. The van der Waals surface area contributed by atoms with Gasteiger partial charge in [-0.25, -0.2) is 4.98 Å². The molecule has 18 heavy (non-hydrogen) atoms. The topological polar surface area (TPSA) is 74.6 Å². The maximum Gasteiger partial charge on any atom is 0.162 e. The van der Waals surface area contributed by atoms with Crippen LogP contribution in [0, 0.1) is 11.3 Å². The van der Waals surface area contributed by atoms with Gasteiger partial charge in [0.15, 0.2) is 11.6 Å². The van der Waals surface area contributed by atoms with Crippen molar-refractivity contribution in [1.29, 1.82) is 5.26 Å². The lowest BCUT2D eigenvalue weighted by Gasteiger charge is -2.03. The number of rotatable bonds is 4. The van der Waals surface area contributed by atoms with Gasteiger partial charge in [-0.2, -0.15) is 10.4 Å². The second-order valence-corrected chi connectivity index (χ2v) is 4.22. The predicted molar refractivity (Wildman–Crippen MR) is 66.0 cm³/mol. The summed E-state index contributed by atoms with van der Waals surface area (Å²) in [5.74, 6) is 2.48. The van der Waals surface area contributed by atoms with Crippen LogP contribution in [0.1, 0.15) is 37.0 Å². The zero-order valence-corrected chi connectivity index (χ0v) is 10.3. The summed E-state index contributed by atoms with van der Waals surface area (Å²) in [7, 11) is 0. The SMILES string of the molecule is CC(C)c1n[nH]c(COc2ccc(C#N)cc2)n1. The summed E-state index contributed by atoms with van der Waals surface area (Å²) >= 11 is 0. The van der Waals surface area contributed by atoms with Gasteiger partial charge in [0.25, 0.3) is 0 Å². The van der Waals surface area contributed by atoms with Crippen molar-refractivity contribution in [2.75, 3.05) is 0 Å². The van der Waals surface area contributed by atoms with E-state index in [1.807, 2.05) is 13.8 Å². The van der Waals surface area contributed by atoms with Crippen LogP contribution in [0.3, 0.4) is 0 Å². The molecule has 92 valence electrons. The Morgan fingerprint density at radius 2 is 2.06 bits per heavy atom. The van der Waals surface area contributed by atoms with Crippen molar-refractivity contribution in [2.24, 2.45) is 0 Å². The molecule has 0 fully saturated rings. The van der Waals surface area contributed by atoms with Crippen LogP contribution < -0.4 is 4.74 Å². The molecule has 0 aliphatic heterocycles. The van der Waals surface area contributed by atoms with Gasteiger partial charge in [0.2, 0.25) is 0 Å². The third-order valence-corrected chi connectivity index (χ3v) is 2.42. The van der Waals surface area contributed by atoms with Gasteiger partial charge in [0.05, 0.1) is 11.6 Å². The highest BCUT2D eigenvalue weighted by molar-refractivity contribution is 5.34. The highest BCUT2D eigenvalue weighted by Crippen LogP contribution is 2.13. The molecule has 2 rings (SSSR count). The lowest BCUT2D eigenvalue weighted by atomic mass is 10.2. The van der Waals surface area contributed by atoms with Crippen LogP contribution >= 0.6 is 0 Å². The van der Waals surface area contributed by atoms with Crippen LogP contribution in [0.15, 0.2) is 24.3 Å². The van der Waals surface area contributed by atoms with Crippen molar-refractivity contribution in [3.05, 3.63) is 41.5 Å². The van der Waals surface area contributed by atoms with E-state index in [0.29, 0.717) is 29.7 Å². The number of nitriles is 1. The van der Waals surface area contributed by atoms with Crippen LogP contribution in [-0.4, -0.2) is 15.2 Å². The van der Waals surface area contributed by atoms with Crippen LogP contribution in [0.4, 0.5) is 0 Å². The minimum absolute atomic E-state index is 0.296. The van der Waals surface area contributed by atoms with Gasteiger partial charge in [-0.15, -0.1) is 0 Å². The Kier molecular flexibility index (Phi) is 3.58. The second-order valence-electron chi connectivity index (χ2n) is 4.22. The number of hydrogen-bond donors (Lipinski definition) is 1. The summed E-state index contributed by atoms with van der Waals surface area (Å²) in [5, 5.41) is 15.6. The fourth-order valence-electron chi connectivity index (χ4n) is 1.41. The number of aromatic amines is 1. The molecule has 1 heterocycles. The largest absolute Gasteiger partial charge is 0.486 e. The van der Waals surface area contributed by atoms with Gasteiger partial charge >= 0.3 is 0 Å². The van der Waals surface area contributed by atoms with E-state index in [1.54, 1.807) is 24.3 Å². The zero-order valence-electron chi connectivity index (χ0n) is 10.3. The molecule has 0 unspecified atom stereocenters. The molecule has 0 radical (unpaired) electrons. The van der Waals surface area contributed by atoms with Crippen molar-refractivity contribution >= 4 is 0 Å². The molecular weight excluding hydrogens is 228 g/mol. The predicted octanol–water partition coefficient (Wildman–Crippen LogP) is 2.38. The fourth-order valence-corrected chi connectivity index (χ4v) is 1.41. The van der Waals surface area contributed by atoms with E-state index in [9.17, 15) is 0 Å². The summed E-state index contributed by atoms with van der Waals surface area (Å²) in [6, 6.07) is 9.02. The Bertz CT molecular complexity index is 551. The van der Waals surface area contributed by atoms with E-state index in [2.05, 4.69) is 21.3 Å². The molecule has 0 aliphatic carbocycles. The maximum atomic E-state index is 8.68. The summed E-state index contributed by atoms with van der Waals surface area (Å²) in [5.41, 5.74) is 0.615. The molecule has 0 aliphatic rings. The Hall–Kier alpha value is -2.35. The minimum Gasteiger partial charge on any atom is -0.486 e. The fraction of sp³-hybridized carbons (Fsp3) is 0.308. The van der Waals surface area contributed by atoms with E-state index in [0.717, 1.165) is 5.82 Å². The van der Waals surface area contributed by atoms with Crippen molar-refractivity contribution in [1.82, 2.24) is 15.2 Å². The van der Waals surface area contributed by atoms with E-state index in [1.165, 1.54) is 0 Å². The quantitative estimate of drug-likeness (QED) is 0.893. The number of benzene rings is 1. The van der Waals surface area contributed by atoms with Gasteiger partial charge < -0.3 is 4.74 Å². The molecule has 2 aromatic rings. The number of H-pyrrole nitrogens is 1. The average molecular weight is 242 g/mol. The highest BCUT2D eigenvalue weighted by Gasteiger charge is 2.07. The summed E-state index contributed by atoms with van der Waals surface area (Å²) < 4.78 is 5.54. The molecule has 5 heteroatoms. The van der Waals surface area contributed by atoms with E-state index in [4.69, 9.17) is 10.00 Å². The first-order valence-corrected chi connectivity index (χ1v) is 5.73. The normalized spacial score (nSPS) is 10.3. The van der Waals surface area contributed by atoms with Crippen LogP contribution in [-0.2, 0) is 6.61 Å². The van der Waals surface area contributed by atoms with Gasteiger partial charge in [0, 0.05) is 5.92 Å². The molecule has 1 aromatic heterocycles. The van der Waals surface area contributed by atoms with Crippen molar-refractivity contribution in [3.8, 4) is 11.8 Å². The molecular formula is C13H14N4O. The lowest BCUT2D eigenvalue weighted by molar-refractivity contribution is 0.296. The monoisotopic (exact) mass is 242 g/mol. The van der Waals surface area contributed by atoms with Gasteiger partial charge in [-0.3, -0.25) is 5.10 Å². The molecule has 0 saturated heterocycles.